The van der Waals surface area contributed by atoms with E-state index in [9.17, 15) is 13.7 Å². The van der Waals surface area contributed by atoms with Crippen molar-refractivity contribution in [3.8, 4) is 11.9 Å². The van der Waals surface area contributed by atoms with Crippen LogP contribution in [0.4, 0.5) is 5.82 Å². The molecule has 1 aromatic carbocycles. The van der Waals surface area contributed by atoms with Gasteiger partial charge in [-0.25, -0.2) is 13.4 Å². The number of rotatable bonds is 4. The number of nitriles is 1. The van der Waals surface area contributed by atoms with E-state index in [-0.39, 0.29) is 16.3 Å². The van der Waals surface area contributed by atoms with Crippen LogP contribution in [0.1, 0.15) is 5.56 Å². The lowest BCUT2D eigenvalue weighted by Crippen LogP contribution is -2.17. The second kappa shape index (κ2) is 5.90. The molecule has 0 bridgehead atoms. The van der Waals surface area contributed by atoms with Gasteiger partial charge in [0.1, 0.15) is 11.6 Å². The van der Waals surface area contributed by atoms with Crippen LogP contribution in [0.2, 0.25) is 0 Å². The molecule has 1 N–H and O–H groups in total. The van der Waals surface area contributed by atoms with E-state index in [1.54, 1.807) is 42.6 Å². The molecule has 0 saturated carbocycles. The second-order valence-electron chi connectivity index (χ2n) is 4.54. The first kappa shape index (κ1) is 14.7. The van der Waals surface area contributed by atoms with Crippen molar-refractivity contribution >= 4 is 15.8 Å². The molecule has 0 aliphatic heterocycles. The van der Waals surface area contributed by atoms with Gasteiger partial charge in [-0.3, -0.25) is 4.72 Å². The van der Waals surface area contributed by atoms with Crippen molar-refractivity contribution in [2.75, 3.05) is 4.72 Å². The van der Waals surface area contributed by atoms with E-state index in [0.29, 0.717) is 5.82 Å². The summed E-state index contributed by atoms with van der Waals surface area (Å²) in [5, 5.41) is 13.2. The Morgan fingerprint density at radius 3 is 2.48 bits per heavy atom. The highest BCUT2D eigenvalue weighted by Gasteiger charge is 2.20. The lowest BCUT2D eigenvalue weighted by Gasteiger charge is -2.10. The van der Waals surface area contributed by atoms with Gasteiger partial charge >= 0.3 is 0 Å². The summed E-state index contributed by atoms with van der Waals surface area (Å²) in [7, 11) is -3.84. The first-order chi connectivity index (χ1) is 11.1. The third-order valence-electron chi connectivity index (χ3n) is 3.04. The molecule has 0 aliphatic carbocycles. The summed E-state index contributed by atoms with van der Waals surface area (Å²) in [5.74, 6) is 0.454. The molecule has 0 radical (unpaired) electrons. The topological polar surface area (TPSA) is 101 Å². The van der Waals surface area contributed by atoms with Gasteiger partial charge in [-0.1, -0.05) is 24.3 Å². The Balaban J connectivity index is 2.07. The number of hydrogen-bond acceptors (Lipinski definition) is 5. The Morgan fingerprint density at radius 1 is 1.09 bits per heavy atom. The Bertz CT molecular complexity index is 960. The van der Waals surface area contributed by atoms with Crippen molar-refractivity contribution in [1.82, 2.24) is 14.8 Å². The molecular formula is C15H11N5O2S. The number of pyridine rings is 1. The summed E-state index contributed by atoms with van der Waals surface area (Å²) < 4.78 is 28.6. The molecule has 0 amide bonds. The van der Waals surface area contributed by atoms with Gasteiger partial charge in [0.05, 0.1) is 11.1 Å². The van der Waals surface area contributed by atoms with E-state index in [0.717, 1.165) is 0 Å². The van der Waals surface area contributed by atoms with E-state index >= 15 is 0 Å². The van der Waals surface area contributed by atoms with Crippen LogP contribution in [-0.2, 0) is 10.0 Å². The summed E-state index contributed by atoms with van der Waals surface area (Å²) in [6, 6.07) is 15.0. The second-order valence-corrected chi connectivity index (χ2v) is 6.22. The normalized spacial score (nSPS) is 10.9. The fourth-order valence-electron chi connectivity index (χ4n) is 1.97. The molecule has 0 saturated heterocycles. The quantitative estimate of drug-likeness (QED) is 0.790. The van der Waals surface area contributed by atoms with E-state index in [4.69, 9.17) is 0 Å². The number of nitrogens with one attached hydrogen (secondary N) is 1. The number of nitrogens with zero attached hydrogens (tertiary/aromatic N) is 4. The number of hydrogen-bond donors (Lipinski definition) is 1. The monoisotopic (exact) mass is 325 g/mol. The highest BCUT2D eigenvalue weighted by Crippen LogP contribution is 2.22. The van der Waals surface area contributed by atoms with Gasteiger partial charge in [-0.15, -0.1) is 0 Å². The maximum Gasteiger partial charge on any atom is 0.263 e. The van der Waals surface area contributed by atoms with Crippen LogP contribution in [0.25, 0.3) is 5.82 Å². The Hall–Kier alpha value is -3.18. The third-order valence-corrected chi connectivity index (χ3v) is 4.40. The van der Waals surface area contributed by atoms with Crippen molar-refractivity contribution in [2.24, 2.45) is 0 Å². The lowest BCUT2D eigenvalue weighted by atomic mass is 10.4. The zero-order valence-corrected chi connectivity index (χ0v) is 12.6. The first-order valence-electron chi connectivity index (χ1n) is 6.59. The van der Waals surface area contributed by atoms with Gasteiger partial charge in [0, 0.05) is 6.20 Å². The Kier molecular flexibility index (Phi) is 3.78. The van der Waals surface area contributed by atoms with Gasteiger partial charge < -0.3 is 0 Å². The summed E-state index contributed by atoms with van der Waals surface area (Å²) in [5.41, 5.74) is 0.107. The van der Waals surface area contributed by atoms with Crippen LogP contribution in [0.3, 0.4) is 0 Å². The average Bonchev–Trinajstić information content (AvgIpc) is 2.98. The van der Waals surface area contributed by atoms with E-state index in [2.05, 4.69) is 14.8 Å². The van der Waals surface area contributed by atoms with Gasteiger partial charge in [-0.2, -0.15) is 15.0 Å². The van der Waals surface area contributed by atoms with Crippen molar-refractivity contribution in [2.45, 2.75) is 4.90 Å². The predicted molar refractivity (Wildman–Crippen MR) is 83.3 cm³/mol. The first-order valence-corrected chi connectivity index (χ1v) is 8.07. The molecule has 0 spiro atoms. The van der Waals surface area contributed by atoms with Crippen LogP contribution in [0.5, 0.6) is 0 Å². The molecule has 8 heteroatoms. The Morgan fingerprint density at radius 2 is 1.83 bits per heavy atom. The molecule has 3 aromatic rings. The highest BCUT2D eigenvalue weighted by atomic mass is 32.2. The fourth-order valence-corrected chi connectivity index (χ4v) is 3.05. The molecule has 23 heavy (non-hydrogen) atoms. The van der Waals surface area contributed by atoms with Gasteiger partial charge in [0.2, 0.25) is 0 Å². The number of anilines is 1. The zero-order valence-electron chi connectivity index (χ0n) is 11.8. The number of sulfonamides is 1. The van der Waals surface area contributed by atoms with E-state index in [1.165, 1.54) is 23.0 Å². The summed E-state index contributed by atoms with van der Waals surface area (Å²) in [6.07, 6.45) is 2.84. The van der Waals surface area contributed by atoms with Crippen LogP contribution in [-0.4, -0.2) is 23.2 Å². The van der Waals surface area contributed by atoms with E-state index in [1.807, 2.05) is 6.07 Å². The minimum absolute atomic E-state index is 0.0510. The zero-order chi connectivity index (χ0) is 16.3. The molecular weight excluding hydrogens is 314 g/mol. The maximum atomic E-state index is 12.5. The molecule has 2 aromatic heterocycles. The number of benzene rings is 1. The van der Waals surface area contributed by atoms with Gasteiger partial charge in [0.15, 0.2) is 11.6 Å². The van der Waals surface area contributed by atoms with Crippen molar-refractivity contribution < 1.29 is 8.42 Å². The molecule has 7 nitrogen and oxygen atoms in total. The van der Waals surface area contributed by atoms with Gasteiger partial charge in [-0.05, 0) is 24.3 Å². The van der Waals surface area contributed by atoms with Crippen LogP contribution >= 0.6 is 0 Å². The van der Waals surface area contributed by atoms with Crippen LogP contribution in [0, 0.1) is 11.3 Å². The third kappa shape index (κ3) is 2.90. The molecule has 0 aliphatic rings. The minimum Gasteiger partial charge on any atom is -0.262 e. The lowest BCUT2D eigenvalue weighted by molar-refractivity contribution is 0.600. The highest BCUT2D eigenvalue weighted by molar-refractivity contribution is 7.92. The van der Waals surface area contributed by atoms with E-state index < -0.39 is 10.0 Å². The Labute approximate surface area is 132 Å². The van der Waals surface area contributed by atoms with Gasteiger partial charge in [0.25, 0.3) is 10.0 Å². The minimum atomic E-state index is -3.84. The molecule has 3 rings (SSSR count). The molecule has 0 fully saturated rings. The van der Waals surface area contributed by atoms with Crippen molar-refractivity contribution in [1.29, 1.82) is 5.26 Å². The average molecular weight is 325 g/mol. The molecule has 0 unspecified atom stereocenters. The fraction of sp³-hybridized carbons (Fsp3) is 0. The van der Waals surface area contributed by atoms with Crippen molar-refractivity contribution in [3.05, 3.63) is 66.5 Å². The maximum absolute atomic E-state index is 12.5. The SMILES string of the molecule is N#Cc1cnn(-c2ccccn2)c1NS(=O)(=O)c1ccccc1. The van der Waals surface area contributed by atoms with Crippen LogP contribution < -0.4 is 4.72 Å². The standard InChI is InChI=1S/C15H11N5O2S/c16-10-12-11-18-20(14-8-4-5-9-17-14)15(12)19-23(21,22)13-6-2-1-3-7-13/h1-9,11,19H. The van der Waals surface area contributed by atoms with Crippen molar-refractivity contribution in [3.63, 3.8) is 0 Å². The largest absolute Gasteiger partial charge is 0.263 e. The van der Waals surface area contributed by atoms with Crippen LogP contribution in [0.15, 0.2) is 65.8 Å². The molecule has 114 valence electrons. The summed E-state index contributed by atoms with van der Waals surface area (Å²) in [4.78, 5) is 4.21. The molecule has 0 atom stereocenters. The summed E-state index contributed by atoms with van der Waals surface area (Å²) in [6.45, 7) is 0. The summed E-state index contributed by atoms with van der Waals surface area (Å²) >= 11 is 0. The smallest absolute Gasteiger partial charge is 0.262 e. The predicted octanol–water partition coefficient (Wildman–Crippen LogP) is 1.94. The number of aromatic nitrogens is 3. The molecule has 2 heterocycles.